The SMILES string of the molecule is COC(=O)c1cc(C(=O)OC)n(CCN2CCN(c3ccc(F)cn3)C(C)C2)n1. The Kier molecular flexibility index (Phi) is 6.42. The predicted octanol–water partition coefficient (Wildman–Crippen LogP) is 1.20. The number of carbonyl (C=O) groups is 2. The zero-order valence-electron chi connectivity index (χ0n) is 16.7. The number of halogens is 1. The van der Waals surface area contributed by atoms with E-state index in [1.807, 2.05) is 0 Å². The lowest BCUT2D eigenvalue weighted by Crippen LogP contribution is -2.52. The molecule has 1 aliphatic rings. The summed E-state index contributed by atoms with van der Waals surface area (Å²) in [7, 11) is 2.54. The van der Waals surface area contributed by atoms with E-state index in [1.165, 1.54) is 37.2 Å². The summed E-state index contributed by atoms with van der Waals surface area (Å²) < 4.78 is 24.0. The van der Waals surface area contributed by atoms with Crippen molar-refractivity contribution >= 4 is 17.8 Å². The largest absolute Gasteiger partial charge is 0.464 e. The number of methoxy groups -OCH3 is 2. The van der Waals surface area contributed by atoms with Crippen molar-refractivity contribution in [2.45, 2.75) is 19.5 Å². The number of hydrogen-bond donors (Lipinski definition) is 0. The van der Waals surface area contributed by atoms with Gasteiger partial charge in [-0.2, -0.15) is 5.10 Å². The Balaban J connectivity index is 1.63. The second-order valence-electron chi connectivity index (χ2n) is 6.80. The molecule has 3 rings (SSSR count). The Bertz CT molecular complexity index is 870. The van der Waals surface area contributed by atoms with E-state index >= 15 is 0 Å². The lowest BCUT2D eigenvalue weighted by Gasteiger charge is -2.40. The van der Waals surface area contributed by atoms with Crippen LogP contribution < -0.4 is 4.90 Å². The number of aromatic nitrogens is 3. The molecule has 0 N–H and O–H groups in total. The summed E-state index contributed by atoms with van der Waals surface area (Å²) in [6.45, 7) is 5.45. The van der Waals surface area contributed by atoms with Gasteiger partial charge in [-0.05, 0) is 19.1 Å². The normalized spacial score (nSPS) is 17.2. The standard InChI is InChI=1S/C19H24FN5O4/c1-13-12-23(6-8-24(13)17-5-4-14(20)11-21-17)7-9-25-16(19(27)29-3)10-15(22-25)18(26)28-2/h4-5,10-11,13H,6-9,12H2,1-3H3. The van der Waals surface area contributed by atoms with Gasteiger partial charge in [0, 0.05) is 38.3 Å². The molecule has 29 heavy (non-hydrogen) atoms. The maximum atomic E-state index is 13.1. The molecule has 0 spiro atoms. The van der Waals surface area contributed by atoms with Gasteiger partial charge in [-0.1, -0.05) is 0 Å². The average Bonchev–Trinajstić information content (AvgIpc) is 3.16. The minimum absolute atomic E-state index is 0.0634. The van der Waals surface area contributed by atoms with E-state index in [2.05, 4.69) is 31.5 Å². The van der Waals surface area contributed by atoms with Gasteiger partial charge in [-0.3, -0.25) is 9.58 Å². The average molecular weight is 405 g/mol. The van der Waals surface area contributed by atoms with Crippen LogP contribution in [0, 0.1) is 5.82 Å². The monoisotopic (exact) mass is 405 g/mol. The molecule has 1 saturated heterocycles. The summed E-state index contributed by atoms with van der Waals surface area (Å²) in [4.78, 5) is 32.3. The van der Waals surface area contributed by atoms with Crippen molar-refractivity contribution in [2.75, 3.05) is 45.3 Å². The highest BCUT2D eigenvalue weighted by atomic mass is 19.1. The van der Waals surface area contributed by atoms with E-state index in [0.29, 0.717) is 13.1 Å². The van der Waals surface area contributed by atoms with E-state index in [4.69, 9.17) is 4.74 Å². The summed E-state index contributed by atoms with van der Waals surface area (Å²) in [6.07, 6.45) is 1.22. The fourth-order valence-electron chi connectivity index (χ4n) is 3.41. The van der Waals surface area contributed by atoms with Gasteiger partial charge < -0.3 is 14.4 Å². The Morgan fingerprint density at radius 2 is 1.93 bits per heavy atom. The molecule has 0 amide bonds. The lowest BCUT2D eigenvalue weighted by atomic mass is 10.2. The van der Waals surface area contributed by atoms with Gasteiger partial charge in [0.15, 0.2) is 5.69 Å². The summed E-state index contributed by atoms with van der Waals surface area (Å²) in [5, 5.41) is 4.18. The molecule has 0 saturated carbocycles. The van der Waals surface area contributed by atoms with Gasteiger partial charge in [-0.15, -0.1) is 0 Å². The minimum Gasteiger partial charge on any atom is -0.464 e. The molecule has 2 aromatic heterocycles. The van der Waals surface area contributed by atoms with Crippen LogP contribution in [-0.4, -0.2) is 78.0 Å². The molecule has 0 radical (unpaired) electrons. The Morgan fingerprint density at radius 3 is 2.55 bits per heavy atom. The van der Waals surface area contributed by atoms with E-state index in [-0.39, 0.29) is 23.2 Å². The third kappa shape index (κ3) is 4.70. The van der Waals surface area contributed by atoms with Crippen LogP contribution >= 0.6 is 0 Å². The molecule has 156 valence electrons. The zero-order chi connectivity index (χ0) is 21.0. The van der Waals surface area contributed by atoms with E-state index < -0.39 is 11.9 Å². The maximum Gasteiger partial charge on any atom is 0.358 e. The molecule has 3 heterocycles. The van der Waals surface area contributed by atoms with Crippen LogP contribution in [0.25, 0.3) is 0 Å². The first-order valence-corrected chi connectivity index (χ1v) is 9.28. The summed E-state index contributed by atoms with van der Waals surface area (Å²) in [6, 6.07) is 4.65. The van der Waals surface area contributed by atoms with Gasteiger partial charge in [0.05, 0.1) is 27.0 Å². The van der Waals surface area contributed by atoms with Crippen LogP contribution in [0.2, 0.25) is 0 Å². The third-order valence-corrected chi connectivity index (χ3v) is 4.91. The highest BCUT2D eigenvalue weighted by molar-refractivity contribution is 5.93. The Hall–Kier alpha value is -3.01. The van der Waals surface area contributed by atoms with Crippen molar-refractivity contribution in [1.29, 1.82) is 0 Å². The molecule has 1 atom stereocenters. The molecule has 0 bridgehead atoms. The van der Waals surface area contributed by atoms with Gasteiger partial charge >= 0.3 is 11.9 Å². The van der Waals surface area contributed by atoms with Crippen LogP contribution in [0.3, 0.4) is 0 Å². The Labute approximate surface area is 168 Å². The van der Waals surface area contributed by atoms with Crippen LogP contribution in [0.15, 0.2) is 24.4 Å². The summed E-state index contributed by atoms with van der Waals surface area (Å²) >= 11 is 0. The molecule has 0 aliphatic carbocycles. The fourth-order valence-corrected chi connectivity index (χ4v) is 3.41. The number of rotatable bonds is 6. The van der Waals surface area contributed by atoms with Crippen LogP contribution in [0.5, 0.6) is 0 Å². The van der Waals surface area contributed by atoms with Gasteiger partial charge in [-0.25, -0.2) is 19.0 Å². The number of anilines is 1. The highest BCUT2D eigenvalue weighted by Gasteiger charge is 2.26. The summed E-state index contributed by atoms with van der Waals surface area (Å²) in [5.41, 5.74) is 0.267. The van der Waals surface area contributed by atoms with Crippen LogP contribution in [0.1, 0.15) is 27.9 Å². The first-order chi connectivity index (χ1) is 13.9. The molecule has 1 aliphatic heterocycles. The molecule has 0 aromatic carbocycles. The topological polar surface area (TPSA) is 89.8 Å². The summed E-state index contributed by atoms with van der Waals surface area (Å²) in [5.74, 6) is -0.774. The molecule has 2 aromatic rings. The number of carbonyl (C=O) groups excluding carboxylic acids is 2. The maximum absolute atomic E-state index is 13.1. The van der Waals surface area contributed by atoms with Crippen molar-refractivity contribution in [3.8, 4) is 0 Å². The smallest absolute Gasteiger partial charge is 0.358 e. The third-order valence-electron chi connectivity index (χ3n) is 4.91. The molecular weight excluding hydrogens is 381 g/mol. The van der Waals surface area contributed by atoms with Crippen molar-refractivity contribution in [3.05, 3.63) is 41.6 Å². The number of esters is 2. The number of ether oxygens (including phenoxy) is 2. The van der Waals surface area contributed by atoms with Gasteiger partial charge in [0.25, 0.3) is 0 Å². The number of nitrogens with zero attached hydrogens (tertiary/aromatic N) is 5. The highest BCUT2D eigenvalue weighted by Crippen LogP contribution is 2.18. The molecule has 1 fully saturated rings. The minimum atomic E-state index is -0.608. The fraction of sp³-hybridized carbons (Fsp3) is 0.474. The van der Waals surface area contributed by atoms with Crippen molar-refractivity contribution < 1.29 is 23.5 Å². The number of pyridine rings is 1. The number of hydrogen-bond acceptors (Lipinski definition) is 8. The first-order valence-electron chi connectivity index (χ1n) is 9.28. The van der Waals surface area contributed by atoms with Gasteiger partial charge in [0.2, 0.25) is 0 Å². The molecule has 1 unspecified atom stereocenters. The second-order valence-corrected chi connectivity index (χ2v) is 6.80. The van der Waals surface area contributed by atoms with Crippen molar-refractivity contribution in [3.63, 3.8) is 0 Å². The predicted molar refractivity (Wildman–Crippen MR) is 102 cm³/mol. The lowest BCUT2D eigenvalue weighted by molar-refractivity contribution is 0.0579. The zero-order valence-corrected chi connectivity index (χ0v) is 16.7. The van der Waals surface area contributed by atoms with Gasteiger partial charge in [0.1, 0.15) is 17.3 Å². The van der Waals surface area contributed by atoms with E-state index in [9.17, 15) is 14.0 Å². The second kappa shape index (κ2) is 8.99. The first kappa shape index (κ1) is 20.7. The van der Waals surface area contributed by atoms with Crippen molar-refractivity contribution in [1.82, 2.24) is 19.7 Å². The van der Waals surface area contributed by atoms with Crippen molar-refractivity contribution in [2.24, 2.45) is 0 Å². The molecule has 9 nitrogen and oxygen atoms in total. The van der Waals surface area contributed by atoms with E-state index in [0.717, 1.165) is 25.5 Å². The van der Waals surface area contributed by atoms with Crippen LogP contribution in [0.4, 0.5) is 10.2 Å². The van der Waals surface area contributed by atoms with Crippen LogP contribution in [-0.2, 0) is 16.0 Å². The number of piperazine rings is 1. The Morgan fingerprint density at radius 1 is 1.17 bits per heavy atom. The van der Waals surface area contributed by atoms with E-state index in [1.54, 1.807) is 6.07 Å². The molecular formula is C19H24FN5O4. The quantitative estimate of drug-likeness (QED) is 0.663. The molecule has 10 heteroatoms.